The number of hydrogen-bond donors (Lipinski definition) is 1. The molecular formula is C24H24N4O3S. The summed E-state index contributed by atoms with van der Waals surface area (Å²) in [5, 5.41) is 3.82. The molecule has 7 nitrogen and oxygen atoms in total. The van der Waals surface area contributed by atoms with Crippen LogP contribution in [0.5, 0.6) is 0 Å². The molecule has 164 valence electrons. The number of nitrogens with one attached hydrogen (secondary N) is 1. The van der Waals surface area contributed by atoms with Gasteiger partial charge in [-0.25, -0.2) is 9.78 Å². The molecule has 2 saturated heterocycles. The molecule has 0 bridgehead atoms. The number of ether oxygens (including phenoxy) is 1. The number of nitrogens with zero attached hydrogens (tertiary/aromatic N) is 3. The Morgan fingerprint density at radius 2 is 2.03 bits per heavy atom. The Kier molecular flexibility index (Phi) is 4.40. The van der Waals surface area contributed by atoms with Crippen molar-refractivity contribution in [2.24, 2.45) is 5.92 Å². The minimum atomic E-state index is -0.363. The summed E-state index contributed by atoms with van der Waals surface area (Å²) in [5.74, 6) is 0.526. The van der Waals surface area contributed by atoms with Gasteiger partial charge in [0.05, 0.1) is 23.3 Å². The number of thiazole rings is 1. The number of cyclic esters (lactones) is 1. The van der Waals surface area contributed by atoms with Gasteiger partial charge in [-0.05, 0) is 42.2 Å². The molecule has 32 heavy (non-hydrogen) atoms. The van der Waals surface area contributed by atoms with Crippen molar-refractivity contribution in [2.75, 3.05) is 36.0 Å². The highest BCUT2D eigenvalue weighted by Gasteiger charge is 2.61. The van der Waals surface area contributed by atoms with Gasteiger partial charge in [-0.15, -0.1) is 0 Å². The highest BCUT2D eigenvalue weighted by Crippen LogP contribution is 2.60. The van der Waals surface area contributed by atoms with Crippen LogP contribution in [0.3, 0.4) is 0 Å². The van der Waals surface area contributed by atoms with Crippen molar-refractivity contribution < 1.29 is 14.3 Å². The highest BCUT2D eigenvalue weighted by atomic mass is 32.1. The van der Waals surface area contributed by atoms with E-state index in [-0.39, 0.29) is 23.5 Å². The number of rotatable bonds is 5. The predicted molar refractivity (Wildman–Crippen MR) is 124 cm³/mol. The fraction of sp³-hybridized carbons (Fsp3) is 0.375. The first-order chi connectivity index (χ1) is 15.5. The van der Waals surface area contributed by atoms with Gasteiger partial charge in [-0.3, -0.25) is 9.69 Å². The van der Waals surface area contributed by atoms with E-state index in [9.17, 15) is 9.59 Å². The fourth-order valence-electron chi connectivity index (χ4n) is 5.14. The smallest absolute Gasteiger partial charge is 0.414 e. The molecule has 3 fully saturated rings. The van der Waals surface area contributed by atoms with Crippen LogP contribution in [0, 0.1) is 5.92 Å². The summed E-state index contributed by atoms with van der Waals surface area (Å²) < 4.78 is 6.62. The number of hydrogen-bond acceptors (Lipinski definition) is 6. The second-order valence-corrected chi connectivity index (χ2v) is 10.0. The third-order valence-corrected chi connectivity index (χ3v) is 8.00. The Labute approximate surface area is 190 Å². The molecule has 3 aromatic rings. The number of benzene rings is 2. The number of piperidine rings is 1. The number of carbonyl (C=O) groups is 2. The lowest BCUT2D eigenvalue weighted by Crippen LogP contribution is -2.33. The first-order valence-corrected chi connectivity index (χ1v) is 11.8. The Hall–Kier alpha value is -3.13. The van der Waals surface area contributed by atoms with Crippen LogP contribution in [0.2, 0.25) is 0 Å². The number of anilines is 2. The lowest BCUT2D eigenvalue weighted by atomic mass is 9.95. The maximum atomic E-state index is 12.3. The van der Waals surface area contributed by atoms with E-state index in [0.29, 0.717) is 19.0 Å². The summed E-state index contributed by atoms with van der Waals surface area (Å²) in [5.41, 5.74) is 3.42. The fourth-order valence-corrected chi connectivity index (χ4v) is 6.11. The van der Waals surface area contributed by atoms with Crippen LogP contribution in [-0.2, 0) is 14.9 Å². The Morgan fingerprint density at radius 3 is 2.81 bits per heavy atom. The molecule has 3 aliphatic rings. The molecule has 2 unspecified atom stereocenters. The van der Waals surface area contributed by atoms with E-state index < -0.39 is 0 Å². The number of fused-ring (bicyclic) bond motifs is 2. The maximum Gasteiger partial charge on any atom is 0.414 e. The zero-order valence-electron chi connectivity index (χ0n) is 17.8. The van der Waals surface area contributed by atoms with Gasteiger partial charge in [-0.2, -0.15) is 0 Å². The Morgan fingerprint density at radius 1 is 1.22 bits per heavy atom. The molecule has 1 saturated carbocycles. The highest BCUT2D eigenvalue weighted by molar-refractivity contribution is 7.22. The second kappa shape index (κ2) is 7.20. The molecule has 1 N–H and O–H groups in total. The third-order valence-electron chi connectivity index (χ3n) is 6.91. The molecule has 0 radical (unpaired) electrons. The molecule has 1 aliphatic carbocycles. The zero-order valence-corrected chi connectivity index (χ0v) is 18.6. The van der Waals surface area contributed by atoms with E-state index in [0.717, 1.165) is 29.4 Å². The molecule has 3 heterocycles. The number of amides is 2. The van der Waals surface area contributed by atoms with Crippen molar-refractivity contribution >= 4 is 44.4 Å². The maximum absolute atomic E-state index is 12.3. The lowest BCUT2D eigenvalue weighted by Gasteiger charge is -2.21. The van der Waals surface area contributed by atoms with E-state index in [1.165, 1.54) is 23.6 Å². The van der Waals surface area contributed by atoms with Gasteiger partial charge in [0.1, 0.15) is 6.10 Å². The molecular weight excluding hydrogens is 424 g/mol. The van der Waals surface area contributed by atoms with Crippen LogP contribution in [0.1, 0.15) is 18.9 Å². The second-order valence-electron chi connectivity index (χ2n) is 9.00. The topological polar surface area (TPSA) is 74.8 Å². The van der Waals surface area contributed by atoms with Gasteiger partial charge in [0.25, 0.3) is 0 Å². The number of aromatic nitrogens is 1. The molecule has 3 atom stereocenters. The van der Waals surface area contributed by atoms with Crippen LogP contribution in [0.25, 0.3) is 10.2 Å². The summed E-state index contributed by atoms with van der Waals surface area (Å²) in [6.07, 6.45) is 0.520. The van der Waals surface area contributed by atoms with Crippen molar-refractivity contribution in [1.29, 1.82) is 0 Å². The van der Waals surface area contributed by atoms with Crippen LogP contribution in [0.15, 0.2) is 48.5 Å². The average Bonchev–Trinajstić information content (AvgIpc) is 3.15. The van der Waals surface area contributed by atoms with Gasteiger partial charge in [0, 0.05) is 31.1 Å². The Bertz CT molecular complexity index is 1180. The molecule has 6 rings (SSSR count). The van der Waals surface area contributed by atoms with E-state index >= 15 is 0 Å². The van der Waals surface area contributed by atoms with Crippen LogP contribution in [-0.4, -0.2) is 49.3 Å². The minimum Gasteiger partial charge on any atom is -0.442 e. The van der Waals surface area contributed by atoms with Gasteiger partial charge < -0.3 is 15.0 Å². The predicted octanol–water partition coefficient (Wildman–Crippen LogP) is 3.54. The minimum absolute atomic E-state index is 0.126. The van der Waals surface area contributed by atoms with Crippen molar-refractivity contribution in [1.82, 2.24) is 10.3 Å². The molecule has 2 aromatic carbocycles. The van der Waals surface area contributed by atoms with E-state index in [1.807, 2.05) is 18.2 Å². The average molecular weight is 449 g/mol. The van der Waals surface area contributed by atoms with E-state index in [2.05, 4.69) is 40.5 Å². The van der Waals surface area contributed by atoms with Crippen molar-refractivity contribution in [3.63, 3.8) is 0 Å². The summed E-state index contributed by atoms with van der Waals surface area (Å²) in [7, 11) is 0. The largest absolute Gasteiger partial charge is 0.442 e. The quantitative estimate of drug-likeness (QED) is 0.646. The monoisotopic (exact) mass is 448 g/mol. The lowest BCUT2D eigenvalue weighted by molar-refractivity contribution is -0.119. The molecule has 2 amide bonds. The van der Waals surface area contributed by atoms with Gasteiger partial charge in [0.2, 0.25) is 5.91 Å². The third kappa shape index (κ3) is 3.21. The normalized spacial score (nSPS) is 26.3. The summed E-state index contributed by atoms with van der Waals surface area (Å²) in [4.78, 5) is 32.3. The summed E-state index contributed by atoms with van der Waals surface area (Å²) in [6.45, 7) is 4.27. The number of carbonyl (C=O) groups excluding carboxylic acids is 2. The summed E-state index contributed by atoms with van der Waals surface area (Å²) >= 11 is 1.77. The first-order valence-electron chi connectivity index (χ1n) is 11.0. The molecule has 8 heteroatoms. The van der Waals surface area contributed by atoms with Gasteiger partial charge in [-0.1, -0.05) is 35.6 Å². The molecule has 0 spiro atoms. The first kappa shape index (κ1) is 19.5. The van der Waals surface area contributed by atoms with E-state index in [4.69, 9.17) is 9.72 Å². The SMILES string of the molecule is CC(=O)NC[C@H]1CN(c2ccc(C34CC3CN(c3nc5ccccc5s3)C4)cc2)C(=O)O1. The summed E-state index contributed by atoms with van der Waals surface area (Å²) in [6, 6.07) is 16.7. The van der Waals surface area contributed by atoms with Gasteiger partial charge in [0.15, 0.2) is 5.13 Å². The molecule has 2 aliphatic heterocycles. The zero-order chi connectivity index (χ0) is 21.9. The van der Waals surface area contributed by atoms with Crippen molar-refractivity contribution in [2.45, 2.75) is 24.9 Å². The van der Waals surface area contributed by atoms with Crippen LogP contribution < -0.4 is 15.1 Å². The van der Waals surface area contributed by atoms with Crippen LogP contribution >= 0.6 is 11.3 Å². The van der Waals surface area contributed by atoms with Gasteiger partial charge >= 0.3 is 6.09 Å². The van der Waals surface area contributed by atoms with Crippen LogP contribution in [0.4, 0.5) is 15.6 Å². The van der Waals surface area contributed by atoms with E-state index in [1.54, 1.807) is 16.2 Å². The van der Waals surface area contributed by atoms with Crippen molar-refractivity contribution in [3.8, 4) is 0 Å². The Balaban J connectivity index is 1.16. The molecule has 1 aromatic heterocycles. The number of para-hydroxylation sites is 1. The van der Waals surface area contributed by atoms with Crippen molar-refractivity contribution in [3.05, 3.63) is 54.1 Å². The standard InChI is InChI=1S/C24H24N4O3S/c1-15(29)25-11-19-13-28(23(30)31-19)18-8-6-16(7-9-18)24-10-17(24)12-27(14-24)22-26-20-4-2-3-5-21(20)32-22/h2-9,17,19H,10-14H2,1H3,(H,25,29)/t17?,19-,24?/m0/s1.